The molecule has 0 spiro atoms. The van der Waals surface area contributed by atoms with Crippen molar-refractivity contribution in [2.75, 3.05) is 24.3 Å². The maximum absolute atomic E-state index is 12.3. The third-order valence-corrected chi connectivity index (χ3v) is 5.49. The van der Waals surface area contributed by atoms with E-state index in [9.17, 15) is 9.59 Å². The molecule has 1 aliphatic rings. The third-order valence-electron chi connectivity index (χ3n) is 4.43. The summed E-state index contributed by atoms with van der Waals surface area (Å²) >= 11 is 1.12. The zero-order valence-corrected chi connectivity index (χ0v) is 15.0. The quantitative estimate of drug-likeness (QED) is 0.752. The van der Waals surface area contributed by atoms with Gasteiger partial charge < -0.3 is 15.4 Å². The Bertz CT molecular complexity index is 733. The number of methoxy groups -OCH3 is 1. The Kier molecular flexibility index (Phi) is 5.71. The smallest absolute Gasteiger partial charge is 0.348 e. The van der Waals surface area contributed by atoms with Gasteiger partial charge in [0.15, 0.2) is 0 Å². The molecular formula is C19H22N2O3S. The Balaban J connectivity index is 1.54. The van der Waals surface area contributed by atoms with Gasteiger partial charge in [0.25, 0.3) is 5.91 Å². The number of benzene rings is 1. The van der Waals surface area contributed by atoms with Gasteiger partial charge in [0, 0.05) is 17.9 Å². The standard InChI is InChI=1S/C19H22N2O3S/c1-24-19(23)17-11-10-16(25-17)18(22)21-15-8-6-14(7-9-15)20-12-13-4-2-3-5-13/h6-11,13,20H,2-5,12H2,1H3,(H,21,22). The maximum Gasteiger partial charge on any atom is 0.348 e. The van der Waals surface area contributed by atoms with Gasteiger partial charge in [0.05, 0.1) is 12.0 Å². The summed E-state index contributed by atoms with van der Waals surface area (Å²) in [4.78, 5) is 24.6. The van der Waals surface area contributed by atoms with Crippen LogP contribution in [0.15, 0.2) is 36.4 Å². The van der Waals surface area contributed by atoms with Gasteiger partial charge in [-0.1, -0.05) is 12.8 Å². The number of hydrogen-bond donors (Lipinski definition) is 2. The molecule has 25 heavy (non-hydrogen) atoms. The van der Waals surface area contributed by atoms with Crippen molar-refractivity contribution >= 4 is 34.6 Å². The summed E-state index contributed by atoms with van der Waals surface area (Å²) < 4.78 is 4.65. The molecule has 1 heterocycles. The van der Waals surface area contributed by atoms with Crippen LogP contribution in [0, 0.1) is 5.92 Å². The molecule has 132 valence electrons. The van der Waals surface area contributed by atoms with E-state index in [-0.39, 0.29) is 5.91 Å². The molecule has 0 saturated heterocycles. The van der Waals surface area contributed by atoms with Gasteiger partial charge in [-0.2, -0.15) is 0 Å². The highest BCUT2D eigenvalue weighted by atomic mass is 32.1. The van der Waals surface area contributed by atoms with Gasteiger partial charge in [-0.05, 0) is 55.2 Å². The first-order valence-corrected chi connectivity index (χ1v) is 9.31. The van der Waals surface area contributed by atoms with Gasteiger partial charge in [-0.15, -0.1) is 11.3 Å². The van der Waals surface area contributed by atoms with Crippen LogP contribution in [0.4, 0.5) is 11.4 Å². The first kappa shape index (κ1) is 17.5. The van der Waals surface area contributed by atoms with Crippen LogP contribution in [0.5, 0.6) is 0 Å². The van der Waals surface area contributed by atoms with Gasteiger partial charge in [-0.25, -0.2) is 4.79 Å². The predicted octanol–water partition coefficient (Wildman–Crippen LogP) is 4.39. The lowest BCUT2D eigenvalue weighted by Gasteiger charge is -2.12. The Morgan fingerprint density at radius 3 is 2.36 bits per heavy atom. The minimum absolute atomic E-state index is 0.230. The summed E-state index contributed by atoms with van der Waals surface area (Å²) in [5.41, 5.74) is 1.79. The number of carbonyl (C=O) groups is 2. The first-order chi connectivity index (χ1) is 12.2. The molecule has 5 nitrogen and oxygen atoms in total. The van der Waals surface area contributed by atoms with Crippen LogP contribution in [-0.4, -0.2) is 25.5 Å². The van der Waals surface area contributed by atoms with Crippen LogP contribution in [0.2, 0.25) is 0 Å². The largest absolute Gasteiger partial charge is 0.465 e. The number of ether oxygens (including phenoxy) is 1. The molecule has 0 unspecified atom stereocenters. The summed E-state index contributed by atoms with van der Waals surface area (Å²) in [5.74, 6) is 0.121. The SMILES string of the molecule is COC(=O)c1ccc(C(=O)Nc2ccc(NCC3CCCC3)cc2)s1. The van der Waals surface area contributed by atoms with E-state index in [2.05, 4.69) is 15.4 Å². The van der Waals surface area contributed by atoms with Crippen LogP contribution in [0.3, 0.4) is 0 Å². The maximum atomic E-state index is 12.3. The van der Waals surface area contributed by atoms with Crippen molar-refractivity contribution in [3.8, 4) is 0 Å². The van der Waals surface area contributed by atoms with Crippen molar-refractivity contribution < 1.29 is 14.3 Å². The molecular weight excluding hydrogens is 336 g/mol. The highest BCUT2D eigenvalue weighted by molar-refractivity contribution is 7.16. The number of rotatable bonds is 6. The summed E-state index contributed by atoms with van der Waals surface area (Å²) in [5, 5.41) is 6.30. The number of amides is 1. The summed E-state index contributed by atoms with van der Waals surface area (Å²) in [6, 6.07) is 10.9. The van der Waals surface area contributed by atoms with Crippen molar-refractivity contribution in [2.45, 2.75) is 25.7 Å². The lowest BCUT2D eigenvalue weighted by molar-refractivity contribution is 0.0606. The van der Waals surface area contributed by atoms with Gasteiger partial charge in [0.1, 0.15) is 4.88 Å². The van der Waals surface area contributed by atoms with E-state index in [4.69, 9.17) is 0 Å². The minimum Gasteiger partial charge on any atom is -0.465 e. The van der Waals surface area contributed by atoms with Gasteiger partial charge >= 0.3 is 5.97 Å². The van der Waals surface area contributed by atoms with E-state index < -0.39 is 5.97 Å². The number of nitrogens with one attached hydrogen (secondary N) is 2. The molecule has 1 aromatic heterocycles. The topological polar surface area (TPSA) is 67.4 Å². The van der Waals surface area contributed by atoms with E-state index in [0.29, 0.717) is 9.75 Å². The highest BCUT2D eigenvalue weighted by Crippen LogP contribution is 2.25. The molecule has 0 aliphatic heterocycles. The molecule has 1 fully saturated rings. The van der Waals surface area contributed by atoms with E-state index in [1.807, 2.05) is 24.3 Å². The lowest BCUT2D eigenvalue weighted by Crippen LogP contribution is -2.12. The Labute approximate surface area is 151 Å². The molecule has 3 rings (SSSR count). The molecule has 2 aromatic rings. The lowest BCUT2D eigenvalue weighted by atomic mass is 10.1. The Morgan fingerprint density at radius 2 is 1.68 bits per heavy atom. The molecule has 0 atom stereocenters. The second kappa shape index (κ2) is 8.16. The molecule has 1 aromatic carbocycles. The fourth-order valence-corrected chi connectivity index (χ4v) is 3.83. The van der Waals surface area contributed by atoms with Crippen molar-refractivity contribution in [1.82, 2.24) is 0 Å². The molecule has 6 heteroatoms. The predicted molar refractivity (Wildman–Crippen MR) is 101 cm³/mol. The van der Waals surface area contributed by atoms with Gasteiger partial charge in [0.2, 0.25) is 0 Å². The van der Waals surface area contributed by atoms with E-state index in [0.717, 1.165) is 35.2 Å². The van der Waals surface area contributed by atoms with Crippen LogP contribution in [-0.2, 0) is 4.74 Å². The van der Waals surface area contributed by atoms with Gasteiger partial charge in [-0.3, -0.25) is 4.79 Å². The molecule has 1 aliphatic carbocycles. The summed E-state index contributed by atoms with van der Waals surface area (Å²) in [7, 11) is 1.32. The third kappa shape index (κ3) is 4.60. The number of thiophene rings is 1. The number of hydrogen-bond acceptors (Lipinski definition) is 5. The van der Waals surface area contributed by atoms with Crippen LogP contribution < -0.4 is 10.6 Å². The number of anilines is 2. The highest BCUT2D eigenvalue weighted by Gasteiger charge is 2.15. The van der Waals surface area contributed by atoms with Crippen molar-refractivity contribution in [3.05, 3.63) is 46.2 Å². The molecule has 0 radical (unpaired) electrons. The normalized spacial score (nSPS) is 14.3. The monoisotopic (exact) mass is 358 g/mol. The van der Waals surface area contributed by atoms with Crippen molar-refractivity contribution in [3.63, 3.8) is 0 Å². The second-order valence-corrected chi connectivity index (χ2v) is 7.30. The zero-order valence-electron chi connectivity index (χ0n) is 14.2. The fourth-order valence-electron chi connectivity index (χ4n) is 3.01. The van der Waals surface area contributed by atoms with Crippen LogP contribution >= 0.6 is 11.3 Å². The number of carbonyl (C=O) groups excluding carboxylic acids is 2. The van der Waals surface area contributed by atoms with Crippen LogP contribution in [0.25, 0.3) is 0 Å². The number of esters is 1. The fraction of sp³-hybridized carbons (Fsp3) is 0.368. The van der Waals surface area contributed by atoms with E-state index in [1.165, 1.54) is 32.8 Å². The minimum atomic E-state index is -0.429. The molecule has 0 bridgehead atoms. The van der Waals surface area contributed by atoms with E-state index >= 15 is 0 Å². The average Bonchev–Trinajstić information content (AvgIpc) is 3.32. The molecule has 1 saturated carbocycles. The van der Waals surface area contributed by atoms with Crippen molar-refractivity contribution in [1.29, 1.82) is 0 Å². The summed E-state index contributed by atoms with van der Waals surface area (Å²) in [6.07, 6.45) is 5.32. The molecule has 1 amide bonds. The van der Waals surface area contributed by atoms with E-state index in [1.54, 1.807) is 12.1 Å². The zero-order chi connectivity index (χ0) is 17.6. The Morgan fingerprint density at radius 1 is 1.04 bits per heavy atom. The average molecular weight is 358 g/mol. The second-order valence-electron chi connectivity index (χ2n) is 6.22. The Hall–Kier alpha value is -2.34. The molecule has 2 N–H and O–H groups in total. The first-order valence-electron chi connectivity index (χ1n) is 8.49. The van der Waals surface area contributed by atoms with Crippen molar-refractivity contribution in [2.24, 2.45) is 5.92 Å². The summed E-state index contributed by atoms with van der Waals surface area (Å²) in [6.45, 7) is 1.01. The van der Waals surface area contributed by atoms with Crippen LogP contribution in [0.1, 0.15) is 45.0 Å².